The number of furan rings is 1. The van der Waals surface area contributed by atoms with Crippen LogP contribution in [0.4, 0.5) is 0 Å². The number of thiazole rings is 1. The van der Waals surface area contributed by atoms with Gasteiger partial charge in [0.2, 0.25) is 5.78 Å². The number of Topliss-reactive ketones (excluding diaryl/α,β-unsaturated/α-hetero) is 1. The summed E-state index contributed by atoms with van der Waals surface area (Å²) in [5.41, 5.74) is 0.655. The summed E-state index contributed by atoms with van der Waals surface area (Å²) in [6.07, 6.45) is 4.57. The van der Waals surface area contributed by atoms with Gasteiger partial charge in [0, 0.05) is 6.08 Å². The van der Waals surface area contributed by atoms with Crippen molar-refractivity contribution in [1.82, 2.24) is 4.98 Å². The number of hydrogen-bond acceptors (Lipinski definition) is 5. The van der Waals surface area contributed by atoms with Crippen LogP contribution < -0.4 is 19.5 Å². The van der Waals surface area contributed by atoms with Crippen molar-refractivity contribution >= 4 is 29.3 Å². The average molecular weight is 341 g/mol. The molecule has 2 aromatic heterocycles. The van der Waals surface area contributed by atoms with E-state index in [4.69, 9.17) is 9.15 Å². The Kier molecular flexibility index (Phi) is 4.77. The largest absolute Gasteiger partial charge is 0.494 e. The lowest BCUT2D eigenvalue weighted by atomic mass is 10.2. The van der Waals surface area contributed by atoms with Crippen LogP contribution >= 0.6 is 11.3 Å². The number of nitrogens with one attached hydrogen (secondary N) is 1. The first-order chi connectivity index (χ1) is 11.7. The van der Waals surface area contributed by atoms with Crippen LogP contribution in [0.25, 0.3) is 12.2 Å². The van der Waals surface area contributed by atoms with Crippen LogP contribution in [0.3, 0.4) is 0 Å². The van der Waals surface area contributed by atoms with Crippen LogP contribution in [0.15, 0.2) is 51.9 Å². The predicted octanol–water partition coefficient (Wildman–Crippen LogP) is 1.92. The fourth-order valence-corrected chi connectivity index (χ4v) is 3.00. The molecule has 0 bridgehead atoms. The molecule has 0 spiro atoms. The first-order valence-electron chi connectivity index (χ1n) is 7.39. The maximum Gasteiger partial charge on any atom is 0.266 e. The van der Waals surface area contributed by atoms with Crippen molar-refractivity contribution in [3.05, 3.63) is 73.5 Å². The second-order valence-corrected chi connectivity index (χ2v) is 6.00. The van der Waals surface area contributed by atoms with E-state index in [2.05, 4.69) is 4.98 Å². The molecule has 0 aliphatic carbocycles. The van der Waals surface area contributed by atoms with Gasteiger partial charge >= 0.3 is 0 Å². The van der Waals surface area contributed by atoms with Crippen molar-refractivity contribution < 1.29 is 13.9 Å². The minimum atomic E-state index is -0.287. The highest BCUT2D eigenvalue weighted by Gasteiger charge is 2.05. The first kappa shape index (κ1) is 16.0. The van der Waals surface area contributed by atoms with E-state index in [1.54, 1.807) is 18.2 Å². The van der Waals surface area contributed by atoms with Gasteiger partial charge in [0.15, 0.2) is 5.76 Å². The van der Waals surface area contributed by atoms with Crippen molar-refractivity contribution in [3.63, 3.8) is 0 Å². The SMILES string of the molecule is CCOc1ccc(C=c2sc(=CC(=O)c3ccco3)[nH]c2=O)cc1. The van der Waals surface area contributed by atoms with Crippen molar-refractivity contribution in [2.45, 2.75) is 6.92 Å². The highest BCUT2D eigenvalue weighted by atomic mass is 32.1. The fourth-order valence-electron chi connectivity index (χ4n) is 2.11. The zero-order valence-corrected chi connectivity index (χ0v) is 13.8. The Hall–Kier alpha value is -2.86. The zero-order valence-electron chi connectivity index (χ0n) is 12.9. The van der Waals surface area contributed by atoms with E-state index in [1.165, 1.54) is 23.7 Å². The van der Waals surface area contributed by atoms with Gasteiger partial charge in [0.25, 0.3) is 5.56 Å². The average Bonchev–Trinajstić information content (AvgIpc) is 3.20. The maximum absolute atomic E-state index is 12.0. The van der Waals surface area contributed by atoms with Crippen molar-refractivity contribution in [2.75, 3.05) is 6.61 Å². The minimum Gasteiger partial charge on any atom is -0.494 e. The number of aromatic nitrogens is 1. The van der Waals surface area contributed by atoms with Gasteiger partial charge in [-0.1, -0.05) is 12.1 Å². The van der Waals surface area contributed by atoms with E-state index >= 15 is 0 Å². The molecular weight excluding hydrogens is 326 g/mol. The lowest BCUT2D eigenvalue weighted by Gasteiger charge is -2.01. The van der Waals surface area contributed by atoms with E-state index in [-0.39, 0.29) is 17.1 Å². The van der Waals surface area contributed by atoms with E-state index in [0.29, 0.717) is 15.8 Å². The Morgan fingerprint density at radius 1 is 1.29 bits per heavy atom. The third-order valence-corrected chi connectivity index (χ3v) is 4.16. The van der Waals surface area contributed by atoms with Gasteiger partial charge in [-0.15, -0.1) is 11.3 Å². The molecule has 2 heterocycles. The summed E-state index contributed by atoms with van der Waals surface area (Å²) < 4.78 is 11.4. The molecule has 122 valence electrons. The summed E-state index contributed by atoms with van der Waals surface area (Å²) in [4.78, 5) is 26.7. The number of aromatic amines is 1. The normalized spacial score (nSPS) is 12.5. The smallest absolute Gasteiger partial charge is 0.266 e. The van der Waals surface area contributed by atoms with Crippen LogP contribution in [0, 0.1) is 0 Å². The number of H-pyrrole nitrogens is 1. The van der Waals surface area contributed by atoms with Gasteiger partial charge in [0.1, 0.15) is 5.75 Å². The molecule has 0 atom stereocenters. The summed E-state index contributed by atoms with van der Waals surface area (Å²) >= 11 is 1.22. The molecule has 0 saturated heterocycles. The summed E-state index contributed by atoms with van der Waals surface area (Å²) in [5, 5.41) is 0. The van der Waals surface area contributed by atoms with Crippen LogP contribution in [0.2, 0.25) is 0 Å². The van der Waals surface area contributed by atoms with E-state index < -0.39 is 0 Å². The Labute approximate surface area is 141 Å². The summed E-state index contributed by atoms with van der Waals surface area (Å²) in [6.45, 7) is 2.53. The third kappa shape index (κ3) is 3.72. The van der Waals surface area contributed by atoms with Crippen LogP contribution in [0.5, 0.6) is 5.75 Å². The first-order valence-corrected chi connectivity index (χ1v) is 8.20. The number of carbonyl (C=O) groups is 1. The molecule has 5 nitrogen and oxygen atoms in total. The summed E-state index contributed by atoms with van der Waals surface area (Å²) in [7, 11) is 0. The summed E-state index contributed by atoms with van der Waals surface area (Å²) in [6, 6.07) is 10.7. The third-order valence-electron chi connectivity index (χ3n) is 3.20. The van der Waals surface area contributed by atoms with Gasteiger partial charge in [-0.05, 0) is 42.8 Å². The fraction of sp³-hybridized carbons (Fsp3) is 0.111. The van der Waals surface area contributed by atoms with E-state index in [0.717, 1.165) is 11.3 Å². The van der Waals surface area contributed by atoms with Gasteiger partial charge in [-0.25, -0.2) is 0 Å². The van der Waals surface area contributed by atoms with Crippen molar-refractivity contribution in [1.29, 1.82) is 0 Å². The number of ether oxygens (including phenoxy) is 1. The molecule has 0 aliphatic rings. The standard InChI is InChI=1S/C18H15NO4S/c1-2-22-13-7-5-12(6-8-13)10-16-18(21)19-17(24-16)11-14(20)15-4-3-9-23-15/h3-11H,2H2,1H3,(H,19,21). The molecule has 0 saturated carbocycles. The molecular formula is C18H15NO4S. The summed E-state index contributed by atoms with van der Waals surface area (Å²) in [5.74, 6) is 0.735. The molecule has 24 heavy (non-hydrogen) atoms. The lowest BCUT2D eigenvalue weighted by Crippen LogP contribution is -2.19. The van der Waals surface area contributed by atoms with Crippen LogP contribution in [0.1, 0.15) is 23.0 Å². The molecule has 1 aromatic carbocycles. The topological polar surface area (TPSA) is 72.3 Å². The minimum absolute atomic E-state index is 0.229. The molecule has 0 fully saturated rings. The Bertz CT molecular complexity index is 995. The second-order valence-electron chi connectivity index (χ2n) is 4.92. The van der Waals surface area contributed by atoms with E-state index in [9.17, 15) is 9.59 Å². The molecule has 3 aromatic rings. The number of rotatable bonds is 5. The number of ketones is 1. The second kappa shape index (κ2) is 7.14. The molecule has 6 heteroatoms. The Balaban J connectivity index is 1.91. The van der Waals surface area contributed by atoms with Crippen LogP contribution in [-0.4, -0.2) is 17.4 Å². The van der Waals surface area contributed by atoms with Gasteiger partial charge in [-0.2, -0.15) is 0 Å². The molecule has 3 rings (SSSR count). The molecule has 0 radical (unpaired) electrons. The highest BCUT2D eigenvalue weighted by Crippen LogP contribution is 2.12. The Morgan fingerprint density at radius 3 is 2.75 bits per heavy atom. The Morgan fingerprint density at radius 2 is 2.08 bits per heavy atom. The highest BCUT2D eigenvalue weighted by molar-refractivity contribution is 7.07. The van der Waals surface area contributed by atoms with Crippen molar-refractivity contribution in [2.24, 2.45) is 0 Å². The van der Waals surface area contributed by atoms with Crippen LogP contribution in [-0.2, 0) is 0 Å². The number of carbonyl (C=O) groups excluding carboxylic acids is 1. The molecule has 1 N–H and O–H groups in total. The number of benzene rings is 1. The molecule has 0 unspecified atom stereocenters. The zero-order chi connectivity index (χ0) is 16.9. The van der Waals surface area contributed by atoms with Crippen molar-refractivity contribution in [3.8, 4) is 5.75 Å². The number of hydrogen-bond donors (Lipinski definition) is 1. The molecule has 0 aliphatic heterocycles. The lowest BCUT2D eigenvalue weighted by molar-refractivity contribution is 0.103. The van der Waals surface area contributed by atoms with Gasteiger partial charge in [0.05, 0.1) is 22.1 Å². The predicted molar refractivity (Wildman–Crippen MR) is 92.9 cm³/mol. The van der Waals surface area contributed by atoms with E-state index in [1.807, 2.05) is 31.2 Å². The van der Waals surface area contributed by atoms with Gasteiger partial charge in [-0.3, -0.25) is 9.59 Å². The maximum atomic E-state index is 12.0. The molecule has 0 amide bonds. The van der Waals surface area contributed by atoms with Gasteiger partial charge < -0.3 is 14.1 Å². The quantitative estimate of drug-likeness (QED) is 0.720. The monoisotopic (exact) mass is 341 g/mol.